The second kappa shape index (κ2) is 11.6. The summed E-state index contributed by atoms with van der Waals surface area (Å²) in [6, 6.07) is 5.97. The Balaban J connectivity index is 1.28. The van der Waals surface area contributed by atoms with E-state index in [0.717, 1.165) is 55.7 Å². The number of amides is 1. The lowest BCUT2D eigenvalue weighted by atomic mass is 10.0. The van der Waals surface area contributed by atoms with E-state index in [0.29, 0.717) is 26.4 Å². The number of benzene rings is 1. The number of unbranched alkanes of at least 4 members (excludes halogenated alkanes) is 3. The standard InChI is InChI=1S/C27H45NO6Si/c1-26(2,3)35(6,7)32-17-16-30-15-11-9-8-10-14-28-19-24(33-25(28)29)21-12-13-23-22(18-21)20-31-27(4,5)34-23/h12-13,18,24H,8-11,14-17,19-20H2,1-7H3. The van der Waals surface area contributed by atoms with E-state index in [4.69, 9.17) is 23.4 Å². The predicted molar refractivity (Wildman–Crippen MR) is 139 cm³/mol. The average Bonchev–Trinajstić information content (AvgIpc) is 3.13. The van der Waals surface area contributed by atoms with Gasteiger partial charge in [-0.2, -0.15) is 0 Å². The second-order valence-electron chi connectivity index (χ2n) is 11.6. The van der Waals surface area contributed by atoms with Crippen LogP contribution in [0.25, 0.3) is 0 Å². The summed E-state index contributed by atoms with van der Waals surface area (Å²) in [5.41, 5.74) is 1.98. The zero-order valence-electron chi connectivity index (χ0n) is 22.8. The molecule has 2 heterocycles. The maximum Gasteiger partial charge on any atom is 0.410 e. The number of cyclic esters (lactones) is 1. The number of rotatable bonds is 12. The summed E-state index contributed by atoms with van der Waals surface area (Å²) < 4.78 is 29.1. The maximum atomic E-state index is 12.4. The van der Waals surface area contributed by atoms with Crippen molar-refractivity contribution in [1.82, 2.24) is 4.90 Å². The molecular formula is C27H45NO6Si. The van der Waals surface area contributed by atoms with Gasteiger partial charge in [-0.05, 0) is 48.7 Å². The summed E-state index contributed by atoms with van der Waals surface area (Å²) in [6.45, 7) is 19.0. The van der Waals surface area contributed by atoms with Crippen molar-refractivity contribution < 1.29 is 28.2 Å². The van der Waals surface area contributed by atoms with Crippen LogP contribution in [-0.4, -0.2) is 58.0 Å². The van der Waals surface area contributed by atoms with E-state index >= 15 is 0 Å². The van der Waals surface area contributed by atoms with Gasteiger partial charge in [-0.15, -0.1) is 0 Å². The van der Waals surface area contributed by atoms with E-state index in [-0.39, 0.29) is 17.2 Å². The average molecular weight is 508 g/mol. The molecule has 3 rings (SSSR count). The Bertz CT molecular complexity index is 851. The third-order valence-corrected chi connectivity index (χ3v) is 11.8. The largest absolute Gasteiger partial charge is 0.463 e. The molecule has 1 amide bonds. The monoisotopic (exact) mass is 507 g/mol. The van der Waals surface area contributed by atoms with Crippen LogP contribution in [0.15, 0.2) is 18.2 Å². The number of nitrogens with zero attached hydrogens (tertiary/aromatic N) is 1. The first-order chi connectivity index (χ1) is 16.4. The summed E-state index contributed by atoms with van der Waals surface area (Å²) in [5, 5.41) is 0.233. The van der Waals surface area contributed by atoms with Crippen molar-refractivity contribution in [3.05, 3.63) is 29.3 Å². The number of carbonyl (C=O) groups excluding carboxylic acids is 1. The van der Waals surface area contributed by atoms with Gasteiger partial charge in [0.05, 0.1) is 26.4 Å². The van der Waals surface area contributed by atoms with E-state index in [2.05, 4.69) is 33.9 Å². The summed E-state index contributed by atoms with van der Waals surface area (Å²) in [7, 11) is -1.68. The number of fused-ring (bicyclic) bond motifs is 1. The van der Waals surface area contributed by atoms with Crippen LogP contribution in [0.3, 0.4) is 0 Å². The highest BCUT2D eigenvalue weighted by Gasteiger charge is 2.37. The van der Waals surface area contributed by atoms with Gasteiger partial charge in [0.15, 0.2) is 8.32 Å². The fraction of sp³-hybridized carbons (Fsp3) is 0.741. The van der Waals surface area contributed by atoms with Gasteiger partial charge < -0.3 is 28.3 Å². The normalized spacial score (nSPS) is 19.9. The molecule has 0 aliphatic carbocycles. The molecule has 2 aliphatic heterocycles. The van der Waals surface area contributed by atoms with Crippen LogP contribution < -0.4 is 4.74 Å². The lowest BCUT2D eigenvalue weighted by molar-refractivity contribution is -0.180. The highest BCUT2D eigenvalue weighted by Crippen LogP contribution is 2.37. The van der Waals surface area contributed by atoms with Crippen LogP contribution >= 0.6 is 0 Å². The molecule has 0 radical (unpaired) electrons. The van der Waals surface area contributed by atoms with Gasteiger partial charge in [0, 0.05) is 32.6 Å². The van der Waals surface area contributed by atoms with E-state index in [9.17, 15) is 4.79 Å². The van der Waals surface area contributed by atoms with Gasteiger partial charge in [-0.25, -0.2) is 4.79 Å². The highest BCUT2D eigenvalue weighted by molar-refractivity contribution is 6.74. The fourth-order valence-electron chi connectivity index (χ4n) is 3.96. The third-order valence-electron chi connectivity index (χ3n) is 7.24. The molecule has 0 bridgehead atoms. The van der Waals surface area contributed by atoms with Crippen LogP contribution in [0, 0.1) is 0 Å². The van der Waals surface area contributed by atoms with Gasteiger partial charge in [0.25, 0.3) is 0 Å². The number of ether oxygens (including phenoxy) is 4. The molecule has 2 aliphatic rings. The molecule has 7 nitrogen and oxygen atoms in total. The number of carbonyl (C=O) groups is 1. The van der Waals surface area contributed by atoms with E-state index < -0.39 is 14.1 Å². The molecule has 1 aromatic rings. The van der Waals surface area contributed by atoms with Crippen molar-refractivity contribution >= 4 is 14.4 Å². The minimum absolute atomic E-state index is 0.230. The Morgan fingerprint density at radius 3 is 2.57 bits per heavy atom. The maximum absolute atomic E-state index is 12.4. The Labute approximate surface area is 212 Å². The van der Waals surface area contributed by atoms with Crippen molar-refractivity contribution in [3.8, 4) is 5.75 Å². The van der Waals surface area contributed by atoms with Crippen LogP contribution in [0.2, 0.25) is 18.1 Å². The van der Waals surface area contributed by atoms with Crippen molar-refractivity contribution in [3.63, 3.8) is 0 Å². The Hall–Kier alpha value is -1.61. The molecule has 0 N–H and O–H groups in total. The Morgan fingerprint density at radius 2 is 1.83 bits per heavy atom. The third kappa shape index (κ3) is 7.94. The zero-order valence-corrected chi connectivity index (χ0v) is 23.8. The second-order valence-corrected chi connectivity index (χ2v) is 16.4. The molecule has 0 saturated carbocycles. The molecule has 1 fully saturated rings. The van der Waals surface area contributed by atoms with Gasteiger partial charge in [-0.3, -0.25) is 0 Å². The van der Waals surface area contributed by atoms with Gasteiger partial charge in [0.1, 0.15) is 11.9 Å². The minimum Gasteiger partial charge on any atom is -0.463 e. The summed E-state index contributed by atoms with van der Waals surface area (Å²) >= 11 is 0. The van der Waals surface area contributed by atoms with Crippen LogP contribution in [-0.2, 0) is 25.2 Å². The van der Waals surface area contributed by atoms with Crippen molar-refractivity contribution in [1.29, 1.82) is 0 Å². The SMILES string of the molecule is CC1(C)OCc2cc(C3CN(CCCCCCOCCO[Si](C)(C)C(C)(C)C)C(=O)O3)ccc2O1. The lowest BCUT2D eigenvalue weighted by Crippen LogP contribution is -2.41. The van der Waals surface area contributed by atoms with Gasteiger partial charge >= 0.3 is 6.09 Å². The van der Waals surface area contributed by atoms with Gasteiger partial charge in [0.2, 0.25) is 5.79 Å². The first-order valence-electron chi connectivity index (χ1n) is 13.0. The molecule has 0 aromatic heterocycles. The molecule has 1 atom stereocenters. The first-order valence-corrected chi connectivity index (χ1v) is 15.9. The van der Waals surface area contributed by atoms with Gasteiger partial charge in [-0.1, -0.05) is 39.7 Å². The highest BCUT2D eigenvalue weighted by atomic mass is 28.4. The smallest absolute Gasteiger partial charge is 0.410 e. The molecule has 1 unspecified atom stereocenters. The Kier molecular flexibility index (Phi) is 9.29. The van der Waals surface area contributed by atoms with E-state index in [1.807, 2.05) is 36.9 Å². The zero-order chi connectivity index (χ0) is 25.7. The summed E-state index contributed by atoms with van der Waals surface area (Å²) in [5.74, 6) is 0.217. The first kappa shape index (κ1) is 28.0. The number of hydrogen-bond acceptors (Lipinski definition) is 6. The minimum atomic E-state index is -1.68. The van der Waals surface area contributed by atoms with Crippen LogP contribution in [0.5, 0.6) is 5.75 Å². The quantitative estimate of drug-likeness (QED) is 0.240. The molecule has 8 heteroatoms. The Morgan fingerprint density at radius 1 is 1.09 bits per heavy atom. The molecule has 35 heavy (non-hydrogen) atoms. The van der Waals surface area contributed by atoms with Crippen LogP contribution in [0.4, 0.5) is 4.79 Å². The predicted octanol–water partition coefficient (Wildman–Crippen LogP) is 6.42. The molecule has 1 saturated heterocycles. The van der Waals surface area contributed by atoms with Crippen molar-refractivity contribution in [2.75, 3.05) is 32.9 Å². The van der Waals surface area contributed by atoms with E-state index in [1.54, 1.807) is 0 Å². The van der Waals surface area contributed by atoms with E-state index in [1.165, 1.54) is 0 Å². The molecule has 0 spiro atoms. The molecule has 198 valence electrons. The van der Waals surface area contributed by atoms with Crippen molar-refractivity contribution in [2.24, 2.45) is 0 Å². The number of hydrogen-bond donors (Lipinski definition) is 0. The van der Waals surface area contributed by atoms with Crippen LogP contribution in [0.1, 0.15) is 77.5 Å². The fourth-order valence-corrected chi connectivity index (χ4v) is 4.98. The topological polar surface area (TPSA) is 66.5 Å². The lowest BCUT2D eigenvalue weighted by Gasteiger charge is -2.36. The molecule has 1 aromatic carbocycles. The molecular weight excluding hydrogens is 462 g/mol. The summed E-state index contributed by atoms with van der Waals surface area (Å²) in [4.78, 5) is 14.2. The summed E-state index contributed by atoms with van der Waals surface area (Å²) in [6.07, 6.45) is 3.69. The van der Waals surface area contributed by atoms with Crippen molar-refractivity contribution in [2.45, 2.75) is 96.9 Å².